The minimum atomic E-state index is -0.991. The predicted octanol–water partition coefficient (Wildman–Crippen LogP) is 3.19. The summed E-state index contributed by atoms with van der Waals surface area (Å²) >= 11 is 0. The molecule has 0 saturated heterocycles. The van der Waals surface area contributed by atoms with E-state index in [0.29, 0.717) is 11.1 Å². The van der Waals surface area contributed by atoms with E-state index in [1.165, 1.54) is 12.1 Å². The number of rotatable bonds is 6. The van der Waals surface area contributed by atoms with Crippen molar-refractivity contribution in [3.8, 4) is 0 Å². The van der Waals surface area contributed by atoms with Crippen molar-refractivity contribution in [2.75, 3.05) is 0 Å². The van der Waals surface area contributed by atoms with Gasteiger partial charge in [0.2, 0.25) is 0 Å². The van der Waals surface area contributed by atoms with Gasteiger partial charge < -0.3 is 10.2 Å². The van der Waals surface area contributed by atoms with Crippen LogP contribution in [0.4, 0.5) is 4.39 Å². The fourth-order valence-electron chi connectivity index (χ4n) is 2.30. The van der Waals surface area contributed by atoms with Crippen LogP contribution in [0.25, 0.3) is 0 Å². The van der Waals surface area contributed by atoms with Gasteiger partial charge in [-0.2, -0.15) is 0 Å². The summed E-state index contributed by atoms with van der Waals surface area (Å²) in [5.41, 5.74) is 1.30. The Morgan fingerprint density at radius 1 is 1.10 bits per heavy atom. The fraction of sp³-hybridized carbons (Fsp3) is 0.235. The van der Waals surface area contributed by atoms with Gasteiger partial charge in [0.25, 0.3) is 0 Å². The number of benzene rings is 2. The molecule has 0 saturated carbocycles. The summed E-state index contributed by atoms with van der Waals surface area (Å²) in [7, 11) is 0. The summed E-state index contributed by atoms with van der Waals surface area (Å²) in [6.07, 6.45) is -0.562. The van der Waals surface area contributed by atoms with E-state index in [2.05, 4.69) is 0 Å². The Hall–Kier alpha value is -2.20. The van der Waals surface area contributed by atoms with Gasteiger partial charge in [-0.3, -0.25) is 4.79 Å². The zero-order chi connectivity index (χ0) is 15.2. The van der Waals surface area contributed by atoms with Gasteiger partial charge in [0.1, 0.15) is 5.82 Å². The minimum absolute atomic E-state index is 0.0931. The zero-order valence-electron chi connectivity index (χ0n) is 11.4. The highest BCUT2D eigenvalue weighted by atomic mass is 19.1. The van der Waals surface area contributed by atoms with Crippen molar-refractivity contribution >= 4 is 5.97 Å². The minimum Gasteiger partial charge on any atom is -0.481 e. The Kier molecular flexibility index (Phi) is 5.06. The van der Waals surface area contributed by atoms with E-state index in [1.807, 2.05) is 6.07 Å². The highest BCUT2D eigenvalue weighted by Gasteiger charge is 2.22. The molecule has 0 fully saturated rings. The van der Waals surface area contributed by atoms with Crippen molar-refractivity contribution in [2.45, 2.75) is 18.9 Å². The van der Waals surface area contributed by atoms with Crippen molar-refractivity contribution in [1.29, 1.82) is 0 Å². The molecule has 110 valence electrons. The van der Waals surface area contributed by atoms with E-state index in [4.69, 9.17) is 0 Å². The van der Waals surface area contributed by atoms with Gasteiger partial charge in [0.15, 0.2) is 0 Å². The number of carboxylic acid groups (broad SMARTS) is 1. The van der Waals surface area contributed by atoms with Crippen molar-refractivity contribution in [1.82, 2.24) is 0 Å². The smallest absolute Gasteiger partial charge is 0.306 e. The van der Waals surface area contributed by atoms with E-state index in [1.54, 1.807) is 36.4 Å². The molecule has 3 nitrogen and oxygen atoms in total. The second-order valence-electron chi connectivity index (χ2n) is 5.03. The zero-order valence-corrected chi connectivity index (χ0v) is 11.4. The number of aliphatic carboxylic acids is 1. The highest BCUT2D eigenvalue weighted by molar-refractivity contribution is 5.70. The summed E-state index contributed by atoms with van der Waals surface area (Å²) in [6, 6.07) is 14.8. The third kappa shape index (κ3) is 4.39. The fourth-order valence-corrected chi connectivity index (χ4v) is 2.30. The quantitative estimate of drug-likeness (QED) is 0.858. The normalized spacial score (nSPS) is 13.6. The van der Waals surface area contributed by atoms with Crippen LogP contribution in [0.15, 0.2) is 54.6 Å². The Bertz CT molecular complexity index is 598. The average Bonchev–Trinajstić information content (AvgIpc) is 2.47. The lowest BCUT2D eigenvalue weighted by Gasteiger charge is -2.17. The van der Waals surface area contributed by atoms with Gasteiger partial charge in [-0.15, -0.1) is 0 Å². The average molecular weight is 288 g/mol. The Morgan fingerprint density at radius 2 is 1.81 bits per heavy atom. The first-order valence-electron chi connectivity index (χ1n) is 6.76. The van der Waals surface area contributed by atoms with Gasteiger partial charge in [0, 0.05) is 0 Å². The van der Waals surface area contributed by atoms with Gasteiger partial charge in [-0.25, -0.2) is 4.39 Å². The van der Waals surface area contributed by atoms with Crippen LogP contribution in [0, 0.1) is 11.7 Å². The van der Waals surface area contributed by atoms with Crippen molar-refractivity contribution in [3.63, 3.8) is 0 Å². The third-order valence-corrected chi connectivity index (χ3v) is 3.41. The molecule has 0 aliphatic carbocycles. The molecular formula is C17H17FO3. The maximum atomic E-state index is 13.1. The standard InChI is InChI=1S/C17H17FO3/c18-15-8-4-5-12(10-15)9-14(17(20)21)11-16(19)13-6-2-1-3-7-13/h1-8,10,14,16,19H,9,11H2,(H,20,21). The summed E-state index contributed by atoms with van der Waals surface area (Å²) < 4.78 is 13.1. The molecule has 2 rings (SSSR count). The molecule has 0 amide bonds. The molecule has 0 spiro atoms. The largest absolute Gasteiger partial charge is 0.481 e. The Balaban J connectivity index is 2.07. The topological polar surface area (TPSA) is 57.5 Å². The van der Waals surface area contributed by atoms with Crippen LogP contribution < -0.4 is 0 Å². The van der Waals surface area contributed by atoms with E-state index < -0.39 is 18.0 Å². The molecule has 2 unspecified atom stereocenters. The molecule has 0 heterocycles. The van der Waals surface area contributed by atoms with E-state index in [0.717, 1.165) is 0 Å². The lowest BCUT2D eigenvalue weighted by molar-refractivity contribution is -0.142. The van der Waals surface area contributed by atoms with Crippen LogP contribution in [0.1, 0.15) is 23.7 Å². The number of aliphatic hydroxyl groups excluding tert-OH is 1. The van der Waals surface area contributed by atoms with E-state index in [-0.39, 0.29) is 18.7 Å². The third-order valence-electron chi connectivity index (χ3n) is 3.41. The first kappa shape index (κ1) is 15.2. The molecular weight excluding hydrogens is 271 g/mol. The second-order valence-corrected chi connectivity index (χ2v) is 5.03. The van der Waals surface area contributed by atoms with Crippen molar-refractivity contribution in [2.24, 2.45) is 5.92 Å². The molecule has 4 heteroatoms. The Morgan fingerprint density at radius 3 is 2.43 bits per heavy atom. The molecule has 21 heavy (non-hydrogen) atoms. The number of hydrogen-bond acceptors (Lipinski definition) is 2. The molecule has 0 aromatic heterocycles. The second kappa shape index (κ2) is 6.99. The van der Waals surface area contributed by atoms with Crippen LogP contribution in [-0.4, -0.2) is 16.2 Å². The number of hydrogen-bond donors (Lipinski definition) is 2. The van der Waals surface area contributed by atoms with Crippen molar-refractivity contribution in [3.05, 3.63) is 71.5 Å². The maximum absolute atomic E-state index is 13.1. The van der Waals surface area contributed by atoms with Crippen LogP contribution in [-0.2, 0) is 11.2 Å². The molecule has 2 aromatic carbocycles. The van der Waals surface area contributed by atoms with Crippen LogP contribution >= 0.6 is 0 Å². The Labute approximate surface area is 122 Å². The maximum Gasteiger partial charge on any atom is 0.306 e. The van der Waals surface area contributed by atoms with E-state index >= 15 is 0 Å². The van der Waals surface area contributed by atoms with Gasteiger partial charge in [-0.1, -0.05) is 42.5 Å². The van der Waals surface area contributed by atoms with Gasteiger partial charge >= 0.3 is 5.97 Å². The lowest BCUT2D eigenvalue weighted by Crippen LogP contribution is -2.19. The van der Waals surface area contributed by atoms with Crippen LogP contribution in [0.5, 0.6) is 0 Å². The summed E-state index contributed by atoms with van der Waals surface area (Å²) in [6.45, 7) is 0. The molecule has 0 bridgehead atoms. The van der Waals surface area contributed by atoms with Crippen molar-refractivity contribution < 1.29 is 19.4 Å². The monoisotopic (exact) mass is 288 g/mol. The van der Waals surface area contributed by atoms with Gasteiger partial charge in [-0.05, 0) is 36.1 Å². The van der Waals surface area contributed by atoms with E-state index in [9.17, 15) is 19.4 Å². The molecule has 2 aromatic rings. The summed E-state index contributed by atoms with van der Waals surface area (Å²) in [5.74, 6) is -2.14. The van der Waals surface area contributed by atoms with Crippen LogP contribution in [0.3, 0.4) is 0 Å². The highest BCUT2D eigenvalue weighted by Crippen LogP contribution is 2.24. The molecule has 0 aliphatic rings. The molecule has 2 N–H and O–H groups in total. The van der Waals surface area contributed by atoms with Crippen LogP contribution in [0.2, 0.25) is 0 Å². The lowest BCUT2D eigenvalue weighted by atomic mass is 9.91. The number of aliphatic hydroxyl groups is 1. The number of carbonyl (C=O) groups is 1. The SMILES string of the molecule is O=C(O)C(Cc1cccc(F)c1)CC(O)c1ccccc1. The molecule has 2 atom stereocenters. The first-order valence-corrected chi connectivity index (χ1v) is 6.76. The first-order chi connectivity index (χ1) is 10.1. The summed E-state index contributed by atoms with van der Waals surface area (Å²) in [5, 5.41) is 19.4. The molecule has 0 radical (unpaired) electrons. The van der Waals surface area contributed by atoms with Gasteiger partial charge in [0.05, 0.1) is 12.0 Å². The molecule has 0 aliphatic heterocycles. The number of carboxylic acids is 1. The number of halogens is 1. The predicted molar refractivity (Wildman–Crippen MR) is 77.2 cm³/mol. The summed E-state index contributed by atoms with van der Waals surface area (Å²) in [4.78, 5) is 11.4.